The van der Waals surface area contributed by atoms with Gasteiger partial charge in [-0.15, -0.1) is 6.58 Å². The Kier molecular flexibility index (Phi) is 9.25. The maximum atomic E-state index is 4.26. The Labute approximate surface area is 135 Å². The highest BCUT2D eigenvalue weighted by atomic mass is 14.4. The molecule has 0 aliphatic carbocycles. The van der Waals surface area contributed by atoms with E-state index in [0.717, 1.165) is 24.2 Å². The molecule has 0 amide bonds. The first kappa shape index (κ1) is 20.5. The minimum absolute atomic E-state index is 0.460. The molecule has 0 aromatic heterocycles. The maximum absolute atomic E-state index is 4.26. The van der Waals surface area contributed by atoms with Gasteiger partial charge >= 0.3 is 0 Å². The molecule has 4 unspecified atom stereocenters. The van der Waals surface area contributed by atoms with Crippen molar-refractivity contribution < 1.29 is 0 Å². The summed E-state index contributed by atoms with van der Waals surface area (Å²) in [5.74, 6) is 2.86. The third-order valence-corrected chi connectivity index (χ3v) is 5.60. The molecule has 0 heteroatoms. The fourth-order valence-electron chi connectivity index (χ4n) is 3.71. The van der Waals surface area contributed by atoms with Crippen LogP contribution >= 0.6 is 0 Å². The summed E-state index contributed by atoms with van der Waals surface area (Å²) in [7, 11) is 0. The van der Waals surface area contributed by atoms with Crippen LogP contribution in [-0.4, -0.2) is 0 Å². The number of hydrogen-bond donors (Lipinski definition) is 0. The lowest BCUT2D eigenvalue weighted by molar-refractivity contribution is 0.144. The quantitative estimate of drug-likeness (QED) is 0.351. The topological polar surface area (TPSA) is 0 Å². The molecule has 0 bridgehead atoms. The molecule has 0 heterocycles. The van der Waals surface area contributed by atoms with Gasteiger partial charge in [-0.3, -0.25) is 0 Å². The lowest BCUT2D eigenvalue weighted by Gasteiger charge is -2.38. The van der Waals surface area contributed by atoms with Crippen molar-refractivity contribution >= 4 is 0 Å². The summed E-state index contributed by atoms with van der Waals surface area (Å²) in [6.45, 7) is 24.8. The second kappa shape index (κ2) is 9.49. The Bertz CT molecular complexity index is 310. The molecule has 0 radical (unpaired) electrons. The van der Waals surface area contributed by atoms with Gasteiger partial charge in [0, 0.05) is 0 Å². The zero-order valence-corrected chi connectivity index (χ0v) is 15.8. The van der Waals surface area contributed by atoms with Gasteiger partial charge in [-0.05, 0) is 55.3 Å². The van der Waals surface area contributed by atoms with Crippen molar-refractivity contribution in [3.63, 3.8) is 0 Å². The van der Waals surface area contributed by atoms with Crippen molar-refractivity contribution in [2.45, 2.75) is 80.6 Å². The molecule has 4 atom stereocenters. The van der Waals surface area contributed by atoms with Crippen LogP contribution in [0.3, 0.4) is 0 Å². The number of hydrogen-bond acceptors (Lipinski definition) is 0. The van der Waals surface area contributed by atoms with Gasteiger partial charge in [0.2, 0.25) is 0 Å². The summed E-state index contributed by atoms with van der Waals surface area (Å²) in [6.07, 6.45) is 8.31. The van der Waals surface area contributed by atoms with Crippen LogP contribution in [-0.2, 0) is 0 Å². The van der Waals surface area contributed by atoms with Gasteiger partial charge in [0.25, 0.3) is 0 Å². The largest absolute Gasteiger partial charge is 0.103 e. The fourth-order valence-corrected chi connectivity index (χ4v) is 3.71. The van der Waals surface area contributed by atoms with Gasteiger partial charge in [0.1, 0.15) is 0 Å². The molecule has 0 saturated carbocycles. The molecule has 0 aliphatic rings. The smallest absolute Gasteiger partial charge is 0.0143 e. The van der Waals surface area contributed by atoms with Gasteiger partial charge in [-0.1, -0.05) is 72.6 Å². The highest BCUT2D eigenvalue weighted by Gasteiger charge is 2.31. The Morgan fingerprint density at radius 1 is 1.19 bits per heavy atom. The molecule has 0 fully saturated rings. The standard InChI is InChI=1S/C21H40/c1-10-13-19(16(4)5)20(14-11-2)18(7)17(6)15-21(8,9)12-3/h10,17-20H,1,4,11-15H2,2-3,5-9H3. The van der Waals surface area contributed by atoms with Crippen molar-refractivity contribution in [1.29, 1.82) is 0 Å². The van der Waals surface area contributed by atoms with Crippen molar-refractivity contribution in [2.24, 2.45) is 29.1 Å². The van der Waals surface area contributed by atoms with Crippen molar-refractivity contribution in [2.75, 3.05) is 0 Å². The minimum atomic E-state index is 0.460. The number of allylic oxidation sites excluding steroid dienone is 2. The summed E-state index contributed by atoms with van der Waals surface area (Å²) in [4.78, 5) is 0. The predicted octanol–water partition coefficient (Wildman–Crippen LogP) is 7.27. The molecule has 21 heavy (non-hydrogen) atoms. The van der Waals surface area contributed by atoms with E-state index in [1.165, 1.54) is 31.3 Å². The highest BCUT2D eigenvalue weighted by molar-refractivity contribution is 5.02. The van der Waals surface area contributed by atoms with E-state index in [9.17, 15) is 0 Å². The van der Waals surface area contributed by atoms with Crippen LogP contribution in [0.4, 0.5) is 0 Å². The maximum Gasteiger partial charge on any atom is -0.0143 e. The molecule has 0 saturated heterocycles. The van der Waals surface area contributed by atoms with Crippen molar-refractivity contribution in [3.05, 3.63) is 24.8 Å². The Morgan fingerprint density at radius 2 is 1.76 bits per heavy atom. The molecule has 0 aliphatic heterocycles. The second-order valence-corrected chi connectivity index (χ2v) is 7.99. The molecule has 0 aromatic rings. The Balaban J connectivity index is 5.07. The van der Waals surface area contributed by atoms with E-state index in [0.29, 0.717) is 11.3 Å². The predicted molar refractivity (Wildman–Crippen MR) is 98.5 cm³/mol. The summed E-state index contributed by atoms with van der Waals surface area (Å²) >= 11 is 0. The molecule has 124 valence electrons. The van der Waals surface area contributed by atoms with Gasteiger partial charge in [0.05, 0.1) is 0 Å². The van der Waals surface area contributed by atoms with Crippen LogP contribution in [0, 0.1) is 29.1 Å². The molecule has 0 rings (SSSR count). The van der Waals surface area contributed by atoms with Gasteiger partial charge in [0.15, 0.2) is 0 Å². The average Bonchev–Trinajstić information content (AvgIpc) is 2.41. The third kappa shape index (κ3) is 6.85. The zero-order chi connectivity index (χ0) is 16.6. The third-order valence-electron chi connectivity index (χ3n) is 5.60. The number of rotatable bonds is 11. The van der Waals surface area contributed by atoms with Crippen LogP contribution < -0.4 is 0 Å². The lowest BCUT2D eigenvalue weighted by atomic mass is 9.67. The molecule has 0 nitrogen and oxygen atoms in total. The SMILES string of the molecule is C=CCC(C(=C)C)C(CCC)C(C)C(C)CC(C)(C)CC. The van der Waals surface area contributed by atoms with E-state index in [1.54, 1.807) is 0 Å². The van der Waals surface area contributed by atoms with Crippen molar-refractivity contribution in [1.82, 2.24) is 0 Å². The highest BCUT2D eigenvalue weighted by Crippen LogP contribution is 2.40. The van der Waals surface area contributed by atoms with E-state index >= 15 is 0 Å². The zero-order valence-electron chi connectivity index (χ0n) is 15.8. The minimum Gasteiger partial charge on any atom is -0.103 e. The van der Waals surface area contributed by atoms with Crippen LogP contribution in [0.15, 0.2) is 24.8 Å². The molecule has 0 aromatic carbocycles. The Morgan fingerprint density at radius 3 is 2.14 bits per heavy atom. The average molecular weight is 293 g/mol. The van der Waals surface area contributed by atoms with E-state index in [2.05, 4.69) is 67.7 Å². The molecule has 0 N–H and O–H groups in total. The monoisotopic (exact) mass is 292 g/mol. The van der Waals surface area contributed by atoms with Crippen LogP contribution in [0.1, 0.15) is 80.6 Å². The first-order valence-corrected chi connectivity index (χ1v) is 8.96. The van der Waals surface area contributed by atoms with Crippen LogP contribution in [0.5, 0.6) is 0 Å². The van der Waals surface area contributed by atoms with Crippen LogP contribution in [0.25, 0.3) is 0 Å². The summed E-state index contributed by atoms with van der Waals surface area (Å²) in [5.41, 5.74) is 1.80. The Hall–Kier alpha value is -0.520. The van der Waals surface area contributed by atoms with E-state index in [1.807, 2.05) is 0 Å². The molecular weight excluding hydrogens is 252 g/mol. The molecular formula is C21H40. The van der Waals surface area contributed by atoms with Gasteiger partial charge in [-0.2, -0.15) is 0 Å². The lowest BCUT2D eigenvalue weighted by Crippen LogP contribution is -2.29. The molecule has 0 spiro atoms. The van der Waals surface area contributed by atoms with Crippen molar-refractivity contribution in [3.8, 4) is 0 Å². The van der Waals surface area contributed by atoms with Gasteiger partial charge < -0.3 is 0 Å². The first-order chi connectivity index (χ1) is 9.70. The summed E-state index contributed by atoms with van der Waals surface area (Å²) in [6, 6.07) is 0. The first-order valence-electron chi connectivity index (χ1n) is 8.96. The van der Waals surface area contributed by atoms with E-state index in [-0.39, 0.29) is 0 Å². The van der Waals surface area contributed by atoms with Gasteiger partial charge in [-0.25, -0.2) is 0 Å². The van der Waals surface area contributed by atoms with Crippen LogP contribution in [0.2, 0.25) is 0 Å². The fraction of sp³-hybridized carbons (Fsp3) is 0.810. The second-order valence-electron chi connectivity index (χ2n) is 7.99. The normalized spacial score (nSPS) is 17.9. The van der Waals surface area contributed by atoms with E-state index < -0.39 is 0 Å². The van der Waals surface area contributed by atoms with E-state index in [4.69, 9.17) is 0 Å². The summed E-state index contributed by atoms with van der Waals surface area (Å²) < 4.78 is 0. The summed E-state index contributed by atoms with van der Waals surface area (Å²) in [5, 5.41) is 0.